The van der Waals surface area contributed by atoms with Gasteiger partial charge in [0.15, 0.2) is 8.32 Å². The molecule has 0 atom stereocenters. The van der Waals surface area contributed by atoms with E-state index in [2.05, 4.69) is 45.8 Å². The molecule has 0 rings (SSSR count). The van der Waals surface area contributed by atoms with Gasteiger partial charge in [-0.2, -0.15) is 0 Å². The average Bonchev–Trinajstić information content (AvgIpc) is 2.01. The first-order valence-corrected chi connectivity index (χ1v) is 14.0. The second-order valence-electron chi connectivity index (χ2n) is 5.32. The van der Waals surface area contributed by atoms with Gasteiger partial charge in [-0.1, -0.05) is 14.8 Å². The van der Waals surface area contributed by atoms with E-state index in [-0.39, 0.29) is 70.6 Å². The Morgan fingerprint density at radius 1 is 0.684 bits per heavy atom. The Morgan fingerprint density at radius 3 is 1.21 bits per heavy atom. The van der Waals surface area contributed by atoms with Gasteiger partial charge in [-0.25, -0.2) is 0 Å². The molecule has 0 radical (unpaired) electrons. The van der Waals surface area contributed by atoms with Crippen molar-refractivity contribution in [1.29, 1.82) is 0 Å². The van der Waals surface area contributed by atoms with Crippen LogP contribution in [0, 0.1) is 0 Å². The van der Waals surface area contributed by atoms with E-state index in [1.54, 1.807) is 7.11 Å². The topological polar surface area (TPSA) is 27.7 Å². The molecule has 120 valence electrons. The van der Waals surface area contributed by atoms with E-state index in [0.29, 0.717) is 0 Å². The molecular formula is C10H32O3Si3W3. The van der Waals surface area contributed by atoms with Gasteiger partial charge in [0.25, 0.3) is 0 Å². The quantitative estimate of drug-likeness (QED) is 0.390. The summed E-state index contributed by atoms with van der Waals surface area (Å²) in [6.45, 7) is 14.9. The van der Waals surface area contributed by atoms with Gasteiger partial charge in [0.05, 0.1) is 0 Å². The van der Waals surface area contributed by atoms with Crippen molar-refractivity contribution in [3.8, 4) is 0 Å². The molecule has 3 nitrogen and oxygen atoms in total. The van der Waals surface area contributed by atoms with Crippen LogP contribution in [0.2, 0.25) is 45.8 Å². The standard InChI is InChI=1S/C8H24O3Si3.2CH4.3W/c1-9-13(5,6)11-14(7,8)10-12(2,3)4;;;;;/h1-8H3;2*1H4;;;/i;1D;;;;. The summed E-state index contributed by atoms with van der Waals surface area (Å²) in [5.41, 5.74) is 0. The van der Waals surface area contributed by atoms with Crippen LogP contribution in [-0.4, -0.2) is 32.5 Å². The van der Waals surface area contributed by atoms with Crippen molar-refractivity contribution in [3.63, 3.8) is 0 Å². The molecule has 0 N–H and O–H groups in total. The molecule has 0 heterocycles. The number of hydrogen-bond acceptors (Lipinski definition) is 3. The van der Waals surface area contributed by atoms with Crippen LogP contribution in [-0.2, 0) is 75.9 Å². The van der Waals surface area contributed by atoms with Gasteiger partial charge in [-0.3, -0.25) is 0 Å². The Labute approximate surface area is 169 Å². The molecule has 0 saturated heterocycles. The largest absolute Gasteiger partial charge is 0.437 e. The Balaban J connectivity index is -0.0000000778. The van der Waals surface area contributed by atoms with Crippen LogP contribution in [0.4, 0.5) is 0 Å². The fourth-order valence-corrected chi connectivity index (χ4v) is 12.9. The van der Waals surface area contributed by atoms with Crippen molar-refractivity contribution < 1.29 is 77.2 Å². The van der Waals surface area contributed by atoms with Gasteiger partial charge in [0.2, 0.25) is 0 Å². The predicted octanol–water partition coefficient (Wildman–Crippen LogP) is 4.17. The first kappa shape index (κ1) is 33.3. The Hall–Kier alpha value is 2.60. The van der Waals surface area contributed by atoms with Crippen molar-refractivity contribution in [2.24, 2.45) is 0 Å². The molecular weight excluding hydrogens is 804 g/mol. The second-order valence-corrected chi connectivity index (χ2v) is 17.2. The smallest absolute Gasteiger partial charge is 0.322 e. The minimum Gasteiger partial charge on any atom is -0.437 e. The summed E-state index contributed by atoms with van der Waals surface area (Å²) in [6, 6.07) is 0. The van der Waals surface area contributed by atoms with Crippen molar-refractivity contribution in [1.82, 2.24) is 0 Å². The van der Waals surface area contributed by atoms with Crippen LogP contribution in [0.15, 0.2) is 0 Å². The molecule has 9 heteroatoms. The molecule has 0 bridgehead atoms. The molecule has 0 aromatic rings. The van der Waals surface area contributed by atoms with Gasteiger partial charge in [0, 0.05) is 71.7 Å². The van der Waals surface area contributed by atoms with E-state index in [1.165, 1.54) is 7.40 Å². The van der Waals surface area contributed by atoms with E-state index in [1.807, 2.05) is 0 Å². The molecule has 0 aliphatic heterocycles. The average molecular weight is 837 g/mol. The van der Waals surface area contributed by atoms with Crippen molar-refractivity contribution in [2.75, 3.05) is 7.11 Å². The summed E-state index contributed by atoms with van der Waals surface area (Å²) in [5.74, 6) is 0. The van der Waals surface area contributed by atoms with E-state index in [4.69, 9.17) is 14.0 Å². The van der Waals surface area contributed by atoms with E-state index in [9.17, 15) is 0 Å². The zero-order valence-electron chi connectivity index (χ0n) is 13.9. The van der Waals surface area contributed by atoms with E-state index < -0.39 is 25.4 Å². The summed E-state index contributed by atoms with van der Waals surface area (Å²) < 4.78 is 23.2. The maximum Gasteiger partial charge on any atom is 0.322 e. The molecule has 0 aromatic carbocycles. The third-order valence-electron chi connectivity index (χ3n) is 1.54. The van der Waals surface area contributed by atoms with Crippen LogP contribution < -0.4 is 0 Å². The Bertz CT molecular complexity index is 206. The minimum absolute atomic E-state index is 0. The first-order chi connectivity index (χ1) is 6.97. The van der Waals surface area contributed by atoms with E-state index >= 15 is 0 Å². The normalized spacial score (nSPS) is 11.1. The summed E-state index contributed by atoms with van der Waals surface area (Å²) in [5, 5.41) is 0. The number of rotatable bonds is 5. The van der Waals surface area contributed by atoms with Gasteiger partial charge >= 0.3 is 17.1 Å². The third kappa shape index (κ3) is 23.0. The molecule has 0 spiro atoms. The van der Waals surface area contributed by atoms with Crippen LogP contribution in [0.1, 0.15) is 16.2 Å². The summed E-state index contributed by atoms with van der Waals surface area (Å²) in [7, 11) is -2.49. The van der Waals surface area contributed by atoms with Crippen LogP contribution >= 0.6 is 0 Å². The fraction of sp³-hybridized carbons (Fsp3) is 1.00. The molecule has 0 amide bonds. The molecule has 0 fully saturated rings. The Kier molecular flexibility index (Phi) is 24.9. The van der Waals surface area contributed by atoms with E-state index in [0.717, 1.165) is 0 Å². The van der Waals surface area contributed by atoms with Gasteiger partial charge in [-0.15, -0.1) is 0 Å². The maximum absolute atomic E-state index is 6.07. The van der Waals surface area contributed by atoms with Crippen molar-refractivity contribution in [3.05, 3.63) is 0 Å². The third-order valence-corrected chi connectivity index (χ3v) is 10.9. The first-order valence-electron chi connectivity index (χ1n) is 5.93. The predicted molar refractivity (Wildman–Crippen MR) is 81.0 cm³/mol. The summed E-state index contributed by atoms with van der Waals surface area (Å²) >= 11 is 0. The molecule has 0 unspecified atom stereocenters. The minimum atomic E-state index is -2.00. The molecule has 19 heavy (non-hydrogen) atoms. The Morgan fingerprint density at radius 2 is 1.00 bits per heavy atom. The second kappa shape index (κ2) is 14.2. The summed E-state index contributed by atoms with van der Waals surface area (Å²) in [4.78, 5) is 0. The van der Waals surface area contributed by atoms with Crippen molar-refractivity contribution >= 4 is 25.4 Å². The van der Waals surface area contributed by atoms with Crippen LogP contribution in [0.3, 0.4) is 0 Å². The number of hydrogen-bond donors (Lipinski definition) is 0. The molecule has 0 saturated carbocycles. The van der Waals surface area contributed by atoms with Gasteiger partial charge < -0.3 is 12.7 Å². The zero-order chi connectivity index (χ0) is 13.6. The van der Waals surface area contributed by atoms with Gasteiger partial charge in [0.1, 0.15) is 0 Å². The maximum atomic E-state index is 6.07. The fourth-order valence-electron chi connectivity index (χ4n) is 1.39. The SMILES string of the molecule is C.CO[Si](C)(C)O[Si](C)(C)O[Si](C)(C)C.[2H]C.[W].[W].[W]. The molecule has 0 aliphatic carbocycles. The van der Waals surface area contributed by atoms with Crippen molar-refractivity contribution in [2.45, 2.75) is 60.7 Å². The zero-order valence-corrected chi connectivity index (χ0v) is 24.7. The molecule has 0 aromatic heterocycles. The summed E-state index contributed by atoms with van der Waals surface area (Å²) in [6.07, 6.45) is 0. The monoisotopic (exact) mass is 837 g/mol. The van der Waals surface area contributed by atoms with Crippen LogP contribution in [0.25, 0.3) is 0 Å². The van der Waals surface area contributed by atoms with Gasteiger partial charge in [-0.05, 0) is 45.8 Å². The molecule has 0 aliphatic rings. The van der Waals surface area contributed by atoms with Crippen LogP contribution in [0.5, 0.6) is 0 Å².